The van der Waals surface area contributed by atoms with Crippen molar-refractivity contribution < 1.29 is 37.4 Å². The minimum absolute atomic E-state index is 0.0594. The first-order chi connectivity index (χ1) is 17.7. The highest BCUT2D eigenvalue weighted by molar-refractivity contribution is 7.18. The second kappa shape index (κ2) is 13.2. The third-order valence-electron chi connectivity index (χ3n) is 4.94. The van der Waals surface area contributed by atoms with E-state index in [-0.39, 0.29) is 50.0 Å². The first kappa shape index (κ1) is 28.1. The molecule has 5 amide bonds. The molecule has 11 nitrogen and oxygen atoms in total. The molecule has 37 heavy (non-hydrogen) atoms. The first-order valence-electron chi connectivity index (χ1n) is 11.0. The molecule has 0 radical (unpaired) electrons. The lowest BCUT2D eigenvalue weighted by atomic mass is 10.2. The number of carbonyl (C=O) groups excluding carboxylic acids is 4. The Hall–Kier alpha value is -3.49. The maximum Gasteiger partial charge on any atom is 0.387 e. The smallest absolute Gasteiger partial charge is 0.387 e. The molecule has 15 heteroatoms. The Balaban J connectivity index is 1.76. The molecule has 3 rings (SSSR count). The molecule has 1 aliphatic heterocycles. The number of nitrogens with zero attached hydrogens (tertiary/aromatic N) is 1. The summed E-state index contributed by atoms with van der Waals surface area (Å²) in [6.45, 7) is -1.35. The molecule has 0 aliphatic carbocycles. The summed E-state index contributed by atoms with van der Waals surface area (Å²) in [5.41, 5.74) is 0.148. The number of thiophene rings is 1. The quantitative estimate of drug-likeness (QED) is 0.353. The minimum atomic E-state index is -3.19. The van der Waals surface area contributed by atoms with Crippen LogP contribution in [0.15, 0.2) is 30.3 Å². The third-order valence-corrected chi connectivity index (χ3v) is 6.17. The van der Waals surface area contributed by atoms with Gasteiger partial charge in [0.1, 0.15) is 12.6 Å². The number of ether oxygens (including phenoxy) is 2. The lowest BCUT2D eigenvalue weighted by Crippen LogP contribution is -2.53. The van der Waals surface area contributed by atoms with Gasteiger partial charge >= 0.3 is 12.6 Å². The topological polar surface area (TPSA) is 138 Å². The molecule has 200 valence electrons. The van der Waals surface area contributed by atoms with Gasteiger partial charge in [0.15, 0.2) is 5.75 Å². The number of hydrogen-bond donors (Lipinski definition) is 4. The Morgan fingerprint density at radius 1 is 1.22 bits per heavy atom. The van der Waals surface area contributed by atoms with Gasteiger partial charge in [-0.05, 0) is 31.2 Å². The fourth-order valence-electron chi connectivity index (χ4n) is 3.30. The molecule has 0 bridgehead atoms. The number of nitrogens with one attached hydrogen (secondary N) is 4. The predicted octanol–water partition coefficient (Wildman–Crippen LogP) is 2.42. The van der Waals surface area contributed by atoms with Crippen LogP contribution in [0.4, 0.5) is 25.0 Å². The van der Waals surface area contributed by atoms with Gasteiger partial charge in [-0.2, -0.15) is 8.78 Å². The molecule has 0 unspecified atom stereocenters. The molecule has 1 aliphatic rings. The van der Waals surface area contributed by atoms with Crippen LogP contribution >= 0.6 is 22.9 Å². The largest absolute Gasteiger partial charge is 0.433 e. The monoisotopic (exact) mass is 559 g/mol. The standard InChI is InChI=1S/C22H24ClF2N5O6S/c1-2-26-22(34)29-13(10-27-20(33)16-5-6-17(23)37-16)19(32)28-12-3-4-14(15(9-12)36-21(24)25)30-7-8-35-11-18(30)31/h3-6,9,13,21H,2,7-8,10-11H2,1H3,(H,27,33)(H,28,32)(H2,26,29,34)/t13-/m0/s1. The van der Waals surface area contributed by atoms with Crippen molar-refractivity contribution in [1.82, 2.24) is 16.0 Å². The number of amides is 5. The normalized spacial score (nSPS) is 14.2. The number of rotatable bonds is 10. The van der Waals surface area contributed by atoms with Crippen molar-refractivity contribution in [3.8, 4) is 5.75 Å². The third kappa shape index (κ3) is 8.00. The maximum absolute atomic E-state index is 13.1. The summed E-state index contributed by atoms with van der Waals surface area (Å²) >= 11 is 6.89. The van der Waals surface area contributed by atoms with Crippen molar-refractivity contribution in [2.75, 3.05) is 43.1 Å². The summed E-state index contributed by atoms with van der Waals surface area (Å²) in [5, 5.41) is 9.99. The van der Waals surface area contributed by atoms with Gasteiger partial charge in [0.2, 0.25) is 5.91 Å². The van der Waals surface area contributed by atoms with Gasteiger partial charge < -0.3 is 35.6 Å². The van der Waals surface area contributed by atoms with Gasteiger partial charge in [-0.3, -0.25) is 14.4 Å². The van der Waals surface area contributed by atoms with Crippen molar-refractivity contribution in [1.29, 1.82) is 0 Å². The number of urea groups is 1. The van der Waals surface area contributed by atoms with Crippen molar-refractivity contribution in [3.05, 3.63) is 39.5 Å². The van der Waals surface area contributed by atoms with Crippen LogP contribution in [0.25, 0.3) is 0 Å². The summed E-state index contributed by atoms with van der Waals surface area (Å²) < 4.78 is 36.2. The van der Waals surface area contributed by atoms with E-state index >= 15 is 0 Å². The molecule has 0 spiro atoms. The van der Waals surface area contributed by atoms with Gasteiger partial charge in [0.05, 0.1) is 21.5 Å². The van der Waals surface area contributed by atoms with Crippen molar-refractivity contribution in [2.24, 2.45) is 0 Å². The average Bonchev–Trinajstić information content (AvgIpc) is 3.28. The number of carbonyl (C=O) groups is 4. The van der Waals surface area contributed by atoms with Crippen LogP contribution in [0.1, 0.15) is 16.6 Å². The van der Waals surface area contributed by atoms with E-state index in [1.807, 2.05) is 0 Å². The highest BCUT2D eigenvalue weighted by atomic mass is 35.5. The first-order valence-corrected chi connectivity index (χ1v) is 12.2. The summed E-state index contributed by atoms with van der Waals surface area (Å²) in [4.78, 5) is 51.2. The van der Waals surface area contributed by atoms with Gasteiger partial charge in [-0.1, -0.05) is 11.6 Å². The van der Waals surface area contributed by atoms with E-state index < -0.39 is 36.4 Å². The fraction of sp³-hybridized carbons (Fsp3) is 0.364. The number of halogens is 3. The zero-order valence-corrected chi connectivity index (χ0v) is 21.1. The summed E-state index contributed by atoms with van der Waals surface area (Å²) in [6, 6.07) is 5.06. The van der Waals surface area contributed by atoms with Gasteiger partial charge in [0.25, 0.3) is 11.8 Å². The van der Waals surface area contributed by atoms with E-state index in [2.05, 4.69) is 26.0 Å². The highest BCUT2D eigenvalue weighted by Gasteiger charge is 2.26. The molecule has 2 aromatic rings. The Morgan fingerprint density at radius 2 is 2.00 bits per heavy atom. The zero-order chi connectivity index (χ0) is 26.9. The molecule has 1 saturated heterocycles. The van der Waals surface area contributed by atoms with E-state index in [1.54, 1.807) is 13.0 Å². The number of benzene rings is 1. The maximum atomic E-state index is 13.1. The number of alkyl halides is 2. The van der Waals surface area contributed by atoms with Crippen molar-refractivity contribution >= 4 is 58.1 Å². The van der Waals surface area contributed by atoms with Crippen LogP contribution < -0.4 is 30.9 Å². The predicted molar refractivity (Wildman–Crippen MR) is 133 cm³/mol. The second-order valence-corrected chi connectivity index (χ2v) is 9.23. The summed E-state index contributed by atoms with van der Waals surface area (Å²) in [6.07, 6.45) is 0. The van der Waals surface area contributed by atoms with Gasteiger partial charge in [-0.25, -0.2) is 4.79 Å². The lowest BCUT2D eigenvalue weighted by Gasteiger charge is -2.28. The number of anilines is 2. The van der Waals surface area contributed by atoms with Crippen LogP contribution in [0.3, 0.4) is 0 Å². The summed E-state index contributed by atoms with van der Waals surface area (Å²) in [7, 11) is 0. The molecule has 1 fully saturated rings. The minimum Gasteiger partial charge on any atom is -0.433 e. The van der Waals surface area contributed by atoms with E-state index in [9.17, 15) is 28.0 Å². The molecule has 1 aromatic carbocycles. The number of morpholine rings is 1. The van der Waals surface area contributed by atoms with Gasteiger partial charge in [0, 0.05) is 31.4 Å². The molecular formula is C22H24ClF2N5O6S. The van der Waals surface area contributed by atoms with Crippen LogP contribution in [-0.2, 0) is 14.3 Å². The van der Waals surface area contributed by atoms with Crippen LogP contribution in [0.2, 0.25) is 4.34 Å². The van der Waals surface area contributed by atoms with E-state index in [0.29, 0.717) is 9.21 Å². The van der Waals surface area contributed by atoms with E-state index in [1.165, 1.54) is 23.1 Å². The second-order valence-electron chi connectivity index (χ2n) is 7.52. The Bertz CT molecular complexity index is 1150. The number of hydrogen-bond acceptors (Lipinski definition) is 7. The Morgan fingerprint density at radius 3 is 2.65 bits per heavy atom. The molecule has 1 atom stereocenters. The SMILES string of the molecule is CCNC(=O)N[C@@H](CNC(=O)c1ccc(Cl)s1)C(=O)Nc1ccc(N2CCOCC2=O)c(OC(F)F)c1. The molecule has 1 aromatic heterocycles. The highest BCUT2D eigenvalue weighted by Crippen LogP contribution is 2.33. The Labute approximate surface area is 219 Å². The van der Waals surface area contributed by atoms with Crippen LogP contribution in [-0.4, -0.2) is 69.3 Å². The van der Waals surface area contributed by atoms with E-state index in [0.717, 1.165) is 17.4 Å². The Kier molecular flexibility index (Phi) is 10.00. The van der Waals surface area contributed by atoms with Gasteiger partial charge in [-0.15, -0.1) is 11.3 Å². The zero-order valence-electron chi connectivity index (χ0n) is 19.5. The van der Waals surface area contributed by atoms with Crippen molar-refractivity contribution in [2.45, 2.75) is 19.6 Å². The van der Waals surface area contributed by atoms with Crippen molar-refractivity contribution in [3.63, 3.8) is 0 Å². The molecule has 2 heterocycles. The molecular weight excluding hydrogens is 536 g/mol. The molecule has 0 saturated carbocycles. The van der Waals surface area contributed by atoms with Crippen LogP contribution in [0, 0.1) is 0 Å². The van der Waals surface area contributed by atoms with E-state index in [4.69, 9.17) is 16.3 Å². The average molecular weight is 560 g/mol. The van der Waals surface area contributed by atoms with Crippen LogP contribution in [0.5, 0.6) is 5.75 Å². The lowest BCUT2D eigenvalue weighted by molar-refractivity contribution is -0.125. The summed E-state index contributed by atoms with van der Waals surface area (Å²) in [5.74, 6) is -2.01. The fourth-order valence-corrected chi connectivity index (χ4v) is 4.26. The molecule has 4 N–H and O–H groups in total.